The minimum atomic E-state index is -1.09. The van der Waals surface area contributed by atoms with Crippen LogP contribution in [0.2, 0.25) is 0 Å². The van der Waals surface area contributed by atoms with Crippen LogP contribution in [0.25, 0.3) is 272 Å². The van der Waals surface area contributed by atoms with Crippen LogP contribution in [0.3, 0.4) is 0 Å². The highest BCUT2D eigenvalue weighted by Crippen LogP contribution is 2.49. The molecule has 0 saturated heterocycles. The van der Waals surface area contributed by atoms with E-state index in [1.807, 2.05) is 0 Å². The largest absolute Gasteiger partial charge is 0.309 e. The molecule has 8 nitrogen and oxygen atoms in total. The zero-order valence-corrected chi connectivity index (χ0v) is 76.0. The fourth-order valence-electron chi connectivity index (χ4n) is 17.8. The monoisotopic (exact) mass is 1990 g/mol. The summed E-state index contributed by atoms with van der Waals surface area (Å²) in [5, 5.41) is -7.34. The van der Waals surface area contributed by atoms with Gasteiger partial charge in [0.1, 0.15) is 0 Å². The van der Waals surface area contributed by atoms with Gasteiger partial charge in [0.05, 0.1) is 199 Å². The average molecular weight is 1990 g/mol. The summed E-state index contributed by atoms with van der Waals surface area (Å²) in [6.45, 7) is 4.17. The standard InChI is InChI=1S/C49H32N2S.C45H30N4.C43H28N2S/c1-31-23-25-41-42-19-10-18-37(49(42)52-48(41)27-31)34-13-8-11-32(28-34)33-12-9-14-35(29-33)50-46-22-7-4-17-40(46)43-30-36(24-26-47(43)50)51-44-20-5-2-15-38(44)39-16-3-6-21-45(39)51;1-29-20-23-36-39(26-29)46-45(47-44(36)30-12-4-2-5-13-30)49-41-19-11-9-17-35(41)38-28-32(22-25-43(38)49)31-21-24-42-37(27-31)34-16-8-10-18-40(34)48(42)33-14-6-3-7-15-33;1-27-18-23-42-36(24-27)33-14-9-17-41(43(33)46-42)45-38-16-8-6-13-32(38)35-26-29(20-22-40(35)45)28-19-21-39-34(25-28)31-12-5-7-15-37(31)44(39)30-10-3-2-4-11-30/h2-30H,1H3;2-28H,1H3;2-26H,1H3/i2D,3D,4D,5D,6D,7D,8D,9D,10D,11D,12D,13D,14D,15D,16D,17D,18D,19D,20D,21D,22D,23D,24D,25D,26D,27D,28D,29D,30D;2D,3D,4D,5D,6D,7D,8D,9D,10D,11D,12D,13D,14D,15D,16D,17D,18D,19D,20D,21D,22D,23D,24D,25D,26D,27D,28D;2D,3D,4D,5D,6D,7D,8D,9D,10D,11D,12D,13D,14D,15D,16D,17D,18D,19D,20D,21D,22D,23D,24D,25D,26D. The van der Waals surface area contributed by atoms with E-state index in [9.17, 15) is 39.8 Å². The van der Waals surface area contributed by atoms with Crippen molar-refractivity contribution in [1.82, 2.24) is 37.4 Å². The molecule has 0 atom stereocenters. The van der Waals surface area contributed by atoms with E-state index in [-0.39, 0.29) is 92.9 Å². The van der Waals surface area contributed by atoms with Crippen LogP contribution >= 0.6 is 22.7 Å². The van der Waals surface area contributed by atoms with E-state index in [4.69, 9.17) is 71.3 Å². The van der Waals surface area contributed by atoms with Gasteiger partial charge in [0.25, 0.3) is 0 Å². The van der Waals surface area contributed by atoms with Crippen molar-refractivity contribution in [3.05, 3.63) is 506 Å². The van der Waals surface area contributed by atoms with Crippen molar-refractivity contribution in [2.75, 3.05) is 0 Å². The molecule has 0 saturated carbocycles. The van der Waals surface area contributed by atoms with Crippen LogP contribution in [0.1, 0.15) is 128 Å². The second-order valence-corrected chi connectivity index (χ2v) is 34.5. The number of fused-ring (bicyclic) bond motifs is 25. The molecule has 10 heteroatoms. The molecule has 0 aliphatic heterocycles. The third-order valence-corrected chi connectivity index (χ3v) is 26.2. The van der Waals surface area contributed by atoms with Crippen LogP contribution in [-0.4, -0.2) is 37.4 Å². The second kappa shape index (κ2) is 34.4. The van der Waals surface area contributed by atoms with Gasteiger partial charge in [-0.1, -0.05) is 314 Å². The Morgan fingerprint density at radius 2 is 0.524 bits per heavy atom. The topological polar surface area (TPSA) is 55.4 Å². The van der Waals surface area contributed by atoms with E-state index in [0.717, 1.165) is 45.5 Å². The number of para-hydroxylation sites is 9. The van der Waals surface area contributed by atoms with Crippen LogP contribution in [0, 0.1) is 20.8 Å². The van der Waals surface area contributed by atoms with Gasteiger partial charge in [-0.2, -0.15) is 0 Å². The number of nitrogens with zero attached hydrogens (tertiary/aromatic N) is 8. The minimum absolute atomic E-state index is 0.00741. The number of hydrogen-bond acceptors (Lipinski definition) is 4. The van der Waals surface area contributed by atoms with Gasteiger partial charge in [0.15, 0.2) is 0 Å². The van der Waals surface area contributed by atoms with E-state index in [2.05, 4.69) is 9.97 Å². The molecule has 22 aromatic carbocycles. The van der Waals surface area contributed by atoms with Crippen molar-refractivity contribution in [3.63, 3.8) is 0 Å². The van der Waals surface area contributed by atoms with Gasteiger partial charge >= 0.3 is 0 Å². The molecule has 0 radical (unpaired) electrons. The van der Waals surface area contributed by atoms with Crippen molar-refractivity contribution in [2.24, 2.45) is 0 Å². The van der Waals surface area contributed by atoms with Gasteiger partial charge in [-0.15, -0.1) is 22.7 Å². The number of aromatic nitrogens is 8. The molecule has 0 unspecified atom stereocenters. The Balaban J connectivity index is 0.000000144. The third-order valence-electron chi connectivity index (χ3n) is 24.0. The number of rotatable bonds is 11. The van der Waals surface area contributed by atoms with Crippen molar-refractivity contribution in [1.29, 1.82) is 0 Å². The molecule has 0 N–H and O–H groups in total. The molecule has 690 valence electrons. The zero-order chi connectivity index (χ0) is 168. The van der Waals surface area contributed by atoms with Gasteiger partial charge in [0, 0.05) is 134 Å². The number of hydrogen-bond donors (Lipinski definition) is 0. The van der Waals surface area contributed by atoms with E-state index in [0.29, 0.717) is 4.57 Å². The predicted octanol–water partition coefficient (Wildman–Crippen LogP) is 37.6. The summed E-state index contributed by atoms with van der Waals surface area (Å²) in [5.41, 5.74) is -18.2. The summed E-state index contributed by atoms with van der Waals surface area (Å²) < 4.78 is 734. The molecule has 9 heterocycles. The first-order valence-corrected chi connectivity index (χ1v) is 45.4. The van der Waals surface area contributed by atoms with Gasteiger partial charge in [0.2, 0.25) is 5.95 Å². The Kier molecular flexibility index (Phi) is 8.65. The maximum Gasteiger partial charge on any atom is 0.235 e. The first-order valence-electron chi connectivity index (χ1n) is 84.2. The third kappa shape index (κ3) is 14.0. The Labute approximate surface area is 968 Å². The Hall–Kier alpha value is -18.6. The lowest BCUT2D eigenvalue weighted by Crippen LogP contribution is -2.03. The summed E-state index contributed by atoms with van der Waals surface area (Å²) in [6.07, 6.45) is 0. The molecule has 31 aromatic rings. The van der Waals surface area contributed by atoms with Crippen molar-refractivity contribution in [3.8, 4) is 90.2 Å². The maximum absolute atomic E-state index is 9.95. The lowest BCUT2D eigenvalue weighted by molar-refractivity contribution is 1.01. The predicted molar refractivity (Wildman–Crippen MR) is 626 cm³/mol. The molecular formula is C137H90N8S2. The fourth-order valence-corrected chi connectivity index (χ4v) is 20.0. The molecular weight excluding hydrogens is 1820 g/mol. The molecule has 0 aliphatic rings. The fraction of sp³-hybridized carbons (Fsp3) is 0.0219. The number of thiophene rings is 2. The smallest absolute Gasteiger partial charge is 0.235 e. The highest BCUT2D eigenvalue weighted by Gasteiger charge is 2.26. The van der Waals surface area contributed by atoms with Gasteiger partial charge in [-0.25, -0.2) is 9.97 Å². The zero-order valence-electron chi connectivity index (χ0n) is 155. The van der Waals surface area contributed by atoms with E-state index in [1.54, 1.807) is 0 Å². The molecule has 0 fully saturated rings. The molecule has 0 spiro atoms. The van der Waals surface area contributed by atoms with Crippen LogP contribution in [0.4, 0.5) is 0 Å². The molecule has 147 heavy (non-hydrogen) atoms. The molecule has 0 amide bonds. The molecule has 31 rings (SSSR count). The lowest BCUT2D eigenvalue weighted by atomic mass is 9.97. The first-order chi connectivity index (χ1) is 106. The average Bonchev–Trinajstić information content (AvgIpc) is 1.53. The summed E-state index contributed by atoms with van der Waals surface area (Å²) in [4.78, 5) is 9.06. The van der Waals surface area contributed by atoms with Crippen LogP contribution in [0.5, 0.6) is 0 Å². The van der Waals surface area contributed by atoms with E-state index >= 15 is 0 Å². The molecule has 9 aromatic heterocycles. The Morgan fingerprint density at radius 1 is 0.184 bits per heavy atom. The highest BCUT2D eigenvalue weighted by atomic mass is 32.1. The Morgan fingerprint density at radius 3 is 1.05 bits per heavy atom. The summed E-state index contributed by atoms with van der Waals surface area (Å²) in [7, 11) is 0. The van der Waals surface area contributed by atoms with E-state index < -0.39 is 685 Å². The summed E-state index contributed by atoms with van der Waals surface area (Å²) in [6, 6.07) is -66.8. The van der Waals surface area contributed by atoms with Crippen molar-refractivity contribution < 1.29 is 111 Å². The minimum Gasteiger partial charge on any atom is -0.309 e. The summed E-state index contributed by atoms with van der Waals surface area (Å²) >= 11 is 1.49. The molecule has 0 bridgehead atoms. The van der Waals surface area contributed by atoms with Crippen molar-refractivity contribution in [2.45, 2.75) is 20.8 Å². The van der Waals surface area contributed by atoms with Crippen molar-refractivity contribution >= 4 is 205 Å². The first kappa shape index (κ1) is 37.0. The normalized spacial score (nSPS) is 19.6. The van der Waals surface area contributed by atoms with Crippen LogP contribution in [-0.2, 0) is 0 Å². The second-order valence-electron chi connectivity index (χ2n) is 32.4. The quantitative estimate of drug-likeness (QED) is 0.130. The lowest BCUT2D eigenvalue weighted by Gasteiger charge is -2.12. The maximum atomic E-state index is 9.95. The van der Waals surface area contributed by atoms with Gasteiger partial charge in [-0.3, -0.25) is 4.57 Å². The van der Waals surface area contributed by atoms with Crippen LogP contribution in [0.15, 0.2) is 489 Å². The molecule has 0 aliphatic carbocycles. The van der Waals surface area contributed by atoms with Crippen LogP contribution < -0.4 is 0 Å². The van der Waals surface area contributed by atoms with E-state index in [1.165, 1.54) is 20.8 Å². The highest BCUT2D eigenvalue weighted by molar-refractivity contribution is 7.26. The van der Waals surface area contributed by atoms with Gasteiger partial charge in [-0.05, 0) is 258 Å². The Bertz CT molecular complexity index is 16100. The number of benzene rings is 22. The summed E-state index contributed by atoms with van der Waals surface area (Å²) in [5.74, 6) is -0.740. The SMILES string of the molecule is [2H]c1c([2H])c(-c2c([2H])c([2H])c([2H])c(-n3c4c([2H])c([2H])c([2H])c([2H])c4c4c([2H])c(-n5c6c([2H])c([2H])c([2H])c([2H])c6c6c([2H])c([2H])c([2H])c([2H])c65)c([2H])c([2H])c43)c2[2H])c([2H])c(-c2c([2H])c([2H])c([2H])c3c2sc2c([2H])c(C)c([2H])c([2H])c23)c1[2H].[2H]c1c([2H])c([2H])c(-c2nc(-n3c4c([2H])c([2H])c([2H])c([2H])c4c4c([2H])c(-c5c([2H])c([2H])c6c(c5[2H])c5c([2H])c([2H])c([2H])c([2H])c5n6-c5c([2H])c([2H])c([2H])c([2H])c5[2H])c([2H])c([2H])c43)nc3c([2H])c(C)c([2H])c([2H])c23)c([2H])c1[2H].[2H]c1c([2H])c([2H])c(-n2c3c([2H])c([2H])c([2H])c([2H])c3c3c([2H])c(-c4c([2H])c([2H])c5c(c4[2H])c4c([2H])c([2H])c([2H])c([2H])c4n5-c4c([2H])c([2H])c([2H])c5c4sc4c([2H])c([2H])c(C)c([2H])c45)c([2H])c([2H])c32)c([2H])c1[2H]. The van der Waals surface area contributed by atoms with Gasteiger partial charge < -0.3 is 22.8 Å².